The highest BCUT2D eigenvalue weighted by molar-refractivity contribution is 6.46. The zero-order valence-corrected chi connectivity index (χ0v) is 25.1. The fraction of sp³-hybridized carbons (Fsp3) is 0.515. The number of fused-ring (bicyclic) bond motifs is 1. The van der Waals surface area contributed by atoms with Crippen LogP contribution in [-0.4, -0.2) is 75.3 Å². The third kappa shape index (κ3) is 6.42. The van der Waals surface area contributed by atoms with Crippen LogP contribution in [0.5, 0.6) is 17.2 Å². The van der Waals surface area contributed by atoms with Gasteiger partial charge in [-0.15, -0.1) is 0 Å². The van der Waals surface area contributed by atoms with Gasteiger partial charge >= 0.3 is 0 Å². The second-order valence-electron chi connectivity index (χ2n) is 11.7. The molecule has 9 heteroatoms. The van der Waals surface area contributed by atoms with Gasteiger partial charge in [-0.05, 0) is 67.1 Å². The third-order valence-electron chi connectivity index (χ3n) is 8.13. The summed E-state index contributed by atoms with van der Waals surface area (Å²) in [7, 11) is 0. The Morgan fingerprint density at radius 2 is 1.88 bits per heavy atom. The molecule has 1 amide bonds. The second kappa shape index (κ2) is 13.2. The summed E-state index contributed by atoms with van der Waals surface area (Å²) in [4.78, 5) is 30.0. The molecule has 0 spiro atoms. The number of Topliss-reactive ketones (excluding diaryl/α,β-unsaturated/α-hetero) is 1. The Hall–Kier alpha value is -3.56. The first-order valence-corrected chi connectivity index (χ1v) is 15.1. The van der Waals surface area contributed by atoms with Gasteiger partial charge in [0.2, 0.25) is 5.78 Å². The molecular weight excluding hydrogens is 536 g/mol. The molecule has 9 nitrogen and oxygen atoms in total. The minimum atomic E-state index is -0.828. The molecule has 2 atom stereocenters. The van der Waals surface area contributed by atoms with Gasteiger partial charge in [0.15, 0.2) is 11.5 Å². The molecule has 5 rings (SSSR count). The van der Waals surface area contributed by atoms with Crippen LogP contribution in [-0.2, 0) is 20.7 Å². The molecule has 0 saturated carbocycles. The highest BCUT2D eigenvalue weighted by Crippen LogP contribution is 2.42. The van der Waals surface area contributed by atoms with Gasteiger partial charge in [0, 0.05) is 12.0 Å². The number of morpholine rings is 1. The van der Waals surface area contributed by atoms with E-state index in [4.69, 9.17) is 18.9 Å². The van der Waals surface area contributed by atoms with E-state index in [1.54, 1.807) is 23.1 Å². The molecule has 0 bridgehead atoms. The first kappa shape index (κ1) is 29.9. The molecule has 0 aromatic heterocycles. The molecule has 3 aliphatic rings. The van der Waals surface area contributed by atoms with Gasteiger partial charge in [0.05, 0.1) is 45.6 Å². The van der Waals surface area contributed by atoms with E-state index in [0.29, 0.717) is 74.5 Å². The molecular formula is C33H42N2O7. The predicted molar refractivity (Wildman–Crippen MR) is 156 cm³/mol. The van der Waals surface area contributed by atoms with E-state index in [9.17, 15) is 14.7 Å². The zero-order valence-electron chi connectivity index (χ0n) is 25.1. The van der Waals surface area contributed by atoms with Gasteiger partial charge < -0.3 is 33.9 Å². The highest BCUT2D eigenvalue weighted by atomic mass is 16.5. The molecule has 2 aromatic carbocycles. The Bertz CT molecular complexity index is 1330. The van der Waals surface area contributed by atoms with Crippen molar-refractivity contribution in [2.45, 2.75) is 52.7 Å². The second-order valence-corrected chi connectivity index (χ2v) is 11.7. The van der Waals surface area contributed by atoms with E-state index in [1.165, 1.54) is 4.90 Å². The maximum atomic E-state index is 14.0. The molecule has 3 aliphatic heterocycles. The van der Waals surface area contributed by atoms with Gasteiger partial charge in [0.1, 0.15) is 24.9 Å². The maximum Gasteiger partial charge on any atom is 0.295 e. The van der Waals surface area contributed by atoms with Crippen LogP contribution in [0.15, 0.2) is 42.0 Å². The van der Waals surface area contributed by atoms with Crippen molar-refractivity contribution in [1.29, 1.82) is 0 Å². The first-order chi connectivity index (χ1) is 20.3. The van der Waals surface area contributed by atoms with Crippen LogP contribution in [0.2, 0.25) is 0 Å². The summed E-state index contributed by atoms with van der Waals surface area (Å²) in [5, 5.41) is 14.0. The average Bonchev–Trinajstić information content (AvgIpc) is 3.47. The number of ketones is 1. The number of benzene rings is 2. The predicted octanol–water partition coefficient (Wildman–Crippen LogP) is 1.97. The topological polar surface area (TPSA) is 102 Å². The van der Waals surface area contributed by atoms with Crippen LogP contribution in [0, 0.1) is 5.92 Å². The molecule has 0 radical (unpaired) electrons. The number of amides is 1. The lowest BCUT2D eigenvalue weighted by atomic mass is 9.94. The monoisotopic (exact) mass is 578 g/mol. The normalized spacial score (nSPS) is 22.0. The fourth-order valence-electron chi connectivity index (χ4n) is 5.84. The van der Waals surface area contributed by atoms with Crippen molar-refractivity contribution >= 4 is 17.4 Å². The summed E-state index contributed by atoms with van der Waals surface area (Å²) >= 11 is 0. The minimum absolute atomic E-state index is 0.0249. The first-order valence-electron chi connectivity index (χ1n) is 15.1. The number of hydrogen-bond acceptors (Lipinski definition) is 7. The highest BCUT2D eigenvalue weighted by Gasteiger charge is 2.45. The summed E-state index contributed by atoms with van der Waals surface area (Å²) in [5.74, 6) is 0.541. The molecule has 0 aliphatic carbocycles. The standard InChI is InChI=1S/C33H42N2O7/c1-5-40-28-20-23(6-9-27(28)41-15-10-21(2)3)30-29(31(36)24-7-8-26-25(19-24)18-22(4)42-26)32(37)33(38)35(30)12-11-34-13-16-39-17-14-34/h6-9,19-22,30,36H,5,10-18H2,1-4H3/b31-29+. The van der Waals surface area contributed by atoms with Crippen molar-refractivity contribution in [2.75, 3.05) is 52.6 Å². The van der Waals surface area contributed by atoms with Crippen LogP contribution >= 0.6 is 0 Å². The van der Waals surface area contributed by atoms with Gasteiger partial charge in [0.25, 0.3) is 5.91 Å². The summed E-state index contributed by atoms with van der Waals surface area (Å²) in [6.07, 6.45) is 1.61. The summed E-state index contributed by atoms with van der Waals surface area (Å²) < 4.78 is 23.3. The quantitative estimate of drug-likeness (QED) is 0.247. The summed E-state index contributed by atoms with van der Waals surface area (Å²) in [6, 6.07) is 9.88. The number of carbonyl (C=O) groups excluding carboxylic acids is 2. The number of hydrogen-bond donors (Lipinski definition) is 1. The van der Waals surface area contributed by atoms with Gasteiger partial charge in [-0.25, -0.2) is 0 Å². The van der Waals surface area contributed by atoms with Crippen molar-refractivity contribution in [3.63, 3.8) is 0 Å². The fourth-order valence-corrected chi connectivity index (χ4v) is 5.84. The Kier molecular flexibility index (Phi) is 9.38. The van der Waals surface area contributed by atoms with Crippen LogP contribution in [0.25, 0.3) is 5.76 Å². The molecule has 1 N–H and O–H groups in total. The van der Waals surface area contributed by atoms with Gasteiger partial charge in [-0.2, -0.15) is 0 Å². The molecule has 2 aromatic rings. The number of quaternary nitrogens is 1. The van der Waals surface area contributed by atoms with Crippen molar-refractivity contribution in [3.05, 3.63) is 58.7 Å². The zero-order chi connectivity index (χ0) is 29.8. The Balaban J connectivity index is 1.53. The smallest absolute Gasteiger partial charge is 0.295 e. The maximum absolute atomic E-state index is 14.0. The molecule has 3 heterocycles. The van der Waals surface area contributed by atoms with E-state index in [-0.39, 0.29) is 11.7 Å². The van der Waals surface area contributed by atoms with Gasteiger partial charge in [-0.1, -0.05) is 31.7 Å². The number of likely N-dealkylation sites (tertiary alicyclic amines) is 1. The third-order valence-corrected chi connectivity index (χ3v) is 8.13. The Morgan fingerprint density at radius 3 is 2.62 bits per heavy atom. The van der Waals surface area contributed by atoms with Crippen molar-refractivity contribution in [2.24, 2.45) is 5.92 Å². The van der Waals surface area contributed by atoms with E-state index >= 15 is 0 Å². The molecule has 42 heavy (non-hydrogen) atoms. The van der Waals surface area contributed by atoms with Crippen molar-refractivity contribution in [3.8, 4) is 17.2 Å². The summed E-state index contributed by atoms with van der Waals surface area (Å²) in [6.45, 7) is 13.1. The number of rotatable bonds is 11. The average molecular weight is 579 g/mol. The Labute approximate surface area is 248 Å². The van der Waals surface area contributed by atoms with Crippen LogP contribution in [0.1, 0.15) is 56.8 Å². The molecule has 2 fully saturated rings. The number of ether oxygens (including phenoxy) is 4. The van der Waals surface area contributed by atoms with E-state index in [1.807, 2.05) is 32.0 Å². The van der Waals surface area contributed by atoms with E-state index < -0.39 is 23.5 Å². The molecule has 226 valence electrons. The van der Waals surface area contributed by atoms with E-state index in [2.05, 4.69) is 13.8 Å². The summed E-state index contributed by atoms with van der Waals surface area (Å²) in [5.41, 5.74) is 1.93. The lowest BCUT2D eigenvalue weighted by molar-refractivity contribution is -0.907. The minimum Gasteiger partial charge on any atom is -0.872 e. The van der Waals surface area contributed by atoms with Gasteiger partial charge in [-0.3, -0.25) is 9.59 Å². The number of nitrogens with zero attached hydrogens (tertiary/aromatic N) is 1. The molecule has 2 saturated heterocycles. The Morgan fingerprint density at radius 1 is 1.10 bits per heavy atom. The van der Waals surface area contributed by atoms with Crippen LogP contribution in [0.4, 0.5) is 0 Å². The SMILES string of the molecule is CCOc1cc(C2/C(=C(\[O-])c3ccc4c(c3)CC(C)O4)C(=O)C(=O)N2CC[NH+]2CCOCC2)ccc1OCCC(C)C. The van der Waals surface area contributed by atoms with E-state index in [0.717, 1.165) is 30.8 Å². The van der Waals surface area contributed by atoms with Crippen molar-refractivity contribution < 1.29 is 38.5 Å². The van der Waals surface area contributed by atoms with Crippen LogP contribution < -0.4 is 24.2 Å². The lowest BCUT2D eigenvalue weighted by Gasteiger charge is -2.30. The lowest BCUT2D eigenvalue weighted by Crippen LogP contribution is -3.14. The largest absolute Gasteiger partial charge is 0.872 e. The molecule has 2 unspecified atom stereocenters. The number of carbonyl (C=O) groups is 2. The number of nitrogens with one attached hydrogen (secondary N) is 1. The van der Waals surface area contributed by atoms with Crippen molar-refractivity contribution in [1.82, 2.24) is 4.90 Å². The van der Waals surface area contributed by atoms with Crippen LogP contribution in [0.3, 0.4) is 0 Å².